The molecule has 2 aromatic rings. The van der Waals surface area contributed by atoms with E-state index in [2.05, 4.69) is 33.7 Å². The molecule has 0 aromatic carbocycles. The number of carbonyl (C=O) groups is 1. The second kappa shape index (κ2) is 6.88. The topological polar surface area (TPSA) is 61.5 Å². The van der Waals surface area contributed by atoms with Gasteiger partial charge in [-0.15, -0.1) is 0 Å². The Balaban J connectivity index is 1.62. The third-order valence-corrected chi connectivity index (χ3v) is 5.35. The van der Waals surface area contributed by atoms with Crippen molar-refractivity contribution < 1.29 is 9.53 Å². The van der Waals surface area contributed by atoms with Crippen molar-refractivity contribution in [3.05, 3.63) is 36.7 Å². The molecule has 0 radical (unpaired) electrons. The quantitative estimate of drug-likeness (QED) is 0.871. The van der Waals surface area contributed by atoms with Gasteiger partial charge in [-0.3, -0.25) is 4.79 Å². The third kappa shape index (κ3) is 3.02. The number of aromatic amines is 1. The summed E-state index contributed by atoms with van der Waals surface area (Å²) in [5.41, 5.74) is 3.52. The van der Waals surface area contributed by atoms with E-state index < -0.39 is 0 Å². The lowest BCUT2D eigenvalue weighted by atomic mass is 9.91. The highest BCUT2D eigenvalue weighted by Crippen LogP contribution is 2.37. The normalized spacial score (nSPS) is 19.4. The molecule has 0 saturated carbocycles. The summed E-state index contributed by atoms with van der Waals surface area (Å²) in [6, 6.07) is 2.10. The molecule has 0 atom stereocenters. The Morgan fingerprint density at radius 2 is 2.04 bits per heavy atom. The fourth-order valence-corrected chi connectivity index (χ4v) is 3.95. The zero-order valence-electron chi connectivity index (χ0n) is 14.4. The molecule has 6 heteroatoms. The molecule has 2 aliphatic heterocycles. The number of H-pyrrole nitrogens is 1. The van der Waals surface area contributed by atoms with Crippen molar-refractivity contribution >= 4 is 22.6 Å². The number of rotatable bonds is 3. The van der Waals surface area contributed by atoms with Crippen LogP contribution in [0.4, 0.5) is 5.69 Å². The van der Waals surface area contributed by atoms with Gasteiger partial charge in [-0.05, 0) is 36.5 Å². The predicted molar refractivity (Wildman–Crippen MR) is 97.9 cm³/mol. The summed E-state index contributed by atoms with van der Waals surface area (Å²) in [4.78, 5) is 23.9. The predicted octanol–water partition coefficient (Wildman–Crippen LogP) is 2.29. The molecule has 25 heavy (non-hydrogen) atoms. The summed E-state index contributed by atoms with van der Waals surface area (Å²) in [5.74, 6) is 0.540. The third-order valence-electron chi connectivity index (χ3n) is 5.35. The van der Waals surface area contributed by atoms with Gasteiger partial charge in [0.05, 0.1) is 0 Å². The second-order valence-corrected chi connectivity index (χ2v) is 6.70. The van der Waals surface area contributed by atoms with Gasteiger partial charge in [0.1, 0.15) is 5.65 Å². The number of hydrogen-bond acceptors (Lipinski definition) is 4. The largest absolute Gasteiger partial charge is 0.381 e. The average Bonchev–Trinajstić information content (AvgIpc) is 3.12. The number of amides is 1. The minimum absolute atomic E-state index is 0.0177. The molecule has 0 unspecified atom stereocenters. The van der Waals surface area contributed by atoms with E-state index in [9.17, 15) is 4.79 Å². The number of nitrogens with one attached hydrogen (secondary N) is 1. The van der Waals surface area contributed by atoms with Gasteiger partial charge in [-0.25, -0.2) is 4.98 Å². The Labute approximate surface area is 147 Å². The zero-order chi connectivity index (χ0) is 17.2. The molecule has 2 aliphatic rings. The van der Waals surface area contributed by atoms with Crippen LogP contribution in [0.1, 0.15) is 24.3 Å². The van der Waals surface area contributed by atoms with Crippen molar-refractivity contribution in [1.29, 1.82) is 0 Å². The molecule has 0 spiro atoms. The molecule has 6 nitrogen and oxygen atoms in total. The summed E-state index contributed by atoms with van der Waals surface area (Å²) in [7, 11) is 0. The lowest BCUT2D eigenvalue weighted by Gasteiger charge is -2.36. The summed E-state index contributed by atoms with van der Waals surface area (Å²) in [6.07, 6.45) is 7.50. The van der Waals surface area contributed by atoms with Crippen molar-refractivity contribution in [3.8, 4) is 0 Å². The van der Waals surface area contributed by atoms with E-state index in [4.69, 9.17) is 4.74 Å². The Kier molecular flexibility index (Phi) is 4.44. The number of anilines is 1. The van der Waals surface area contributed by atoms with Crippen molar-refractivity contribution in [2.45, 2.75) is 18.8 Å². The molecule has 0 bridgehead atoms. The smallest absolute Gasteiger partial charge is 0.246 e. The molecular weight excluding hydrogens is 316 g/mol. The van der Waals surface area contributed by atoms with Gasteiger partial charge >= 0.3 is 0 Å². The number of pyridine rings is 1. The first-order valence-electron chi connectivity index (χ1n) is 8.98. The highest BCUT2D eigenvalue weighted by Gasteiger charge is 2.25. The summed E-state index contributed by atoms with van der Waals surface area (Å²) >= 11 is 0. The van der Waals surface area contributed by atoms with Crippen LogP contribution in [-0.2, 0) is 9.53 Å². The van der Waals surface area contributed by atoms with Crippen LogP contribution in [0.5, 0.6) is 0 Å². The van der Waals surface area contributed by atoms with Crippen LogP contribution in [-0.4, -0.2) is 60.2 Å². The highest BCUT2D eigenvalue weighted by atomic mass is 16.5. The Morgan fingerprint density at radius 1 is 1.28 bits per heavy atom. The fraction of sp³-hybridized carbons (Fsp3) is 0.474. The minimum atomic E-state index is 0.0177. The van der Waals surface area contributed by atoms with Gasteiger partial charge in [-0.2, -0.15) is 0 Å². The maximum Gasteiger partial charge on any atom is 0.246 e. The van der Waals surface area contributed by atoms with Gasteiger partial charge in [-0.1, -0.05) is 6.58 Å². The van der Waals surface area contributed by atoms with E-state index in [0.717, 1.165) is 57.9 Å². The zero-order valence-corrected chi connectivity index (χ0v) is 14.4. The molecule has 2 fully saturated rings. The van der Waals surface area contributed by atoms with Crippen LogP contribution < -0.4 is 4.90 Å². The second-order valence-electron chi connectivity index (χ2n) is 6.70. The number of fused-ring (bicyclic) bond motifs is 1. The molecule has 4 heterocycles. The number of nitrogens with zero attached hydrogens (tertiary/aromatic N) is 3. The van der Waals surface area contributed by atoms with Crippen molar-refractivity contribution in [2.75, 3.05) is 44.3 Å². The van der Waals surface area contributed by atoms with E-state index >= 15 is 0 Å². The van der Waals surface area contributed by atoms with Gasteiger partial charge in [0.15, 0.2) is 0 Å². The van der Waals surface area contributed by atoms with Crippen LogP contribution in [0.3, 0.4) is 0 Å². The SMILES string of the molecule is C=CC(=O)N1CCN(c2ccnc3[nH]cc(C4CCOCC4)c23)CC1. The average molecular weight is 340 g/mol. The minimum Gasteiger partial charge on any atom is -0.381 e. The maximum atomic E-state index is 11.8. The number of piperazine rings is 1. The molecule has 1 amide bonds. The van der Waals surface area contributed by atoms with Gasteiger partial charge in [0.2, 0.25) is 5.91 Å². The lowest BCUT2D eigenvalue weighted by molar-refractivity contribution is -0.126. The summed E-state index contributed by atoms with van der Waals surface area (Å²) in [5, 5.41) is 1.23. The Morgan fingerprint density at radius 3 is 2.76 bits per heavy atom. The number of aromatic nitrogens is 2. The molecule has 2 aromatic heterocycles. The molecule has 4 rings (SSSR count). The van der Waals surface area contributed by atoms with E-state index in [-0.39, 0.29) is 5.91 Å². The maximum absolute atomic E-state index is 11.8. The summed E-state index contributed by atoms with van der Waals surface area (Å²) < 4.78 is 5.52. The number of carbonyl (C=O) groups excluding carboxylic acids is 1. The monoisotopic (exact) mass is 340 g/mol. The van der Waals surface area contributed by atoms with Crippen molar-refractivity contribution in [2.24, 2.45) is 0 Å². The molecule has 2 saturated heterocycles. The fourth-order valence-electron chi connectivity index (χ4n) is 3.95. The van der Waals surface area contributed by atoms with E-state index in [1.807, 2.05) is 11.1 Å². The Bertz CT molecular complexity index is 771. The van der Waals surface area contributed by atoms with Crippen LogP contribution >= 0.6 is 0 Å². The van der Waals surface area contributed by atoms with Gasteiger partial charge in [0, 0.05) is 62.9 Å². The van der Waals surface area contributed by atoms with Gasteiger partial charge < -0.3 is 19.5 Å². The van der Waals surface area contributed by atoms with Crippen molar-refractivity contribution in [1.82, 2.24) is 14.9 Å². The van der Waals surface area contributed by atoms with Crippen LogP contribution in [0.25, 0.3) is 11.0 Å². The van der Waals surface area contributed by atoms with E-state index in [1.54, 1.807) is 0 Å². The van der Waals surface area contributed by atoms with Crippen LogP contribution in [0, 0.1) is 0 Å². The van der Waals surface area contributed by atoms with E-state index in [1.165, 1.54) is 22.7 Å². The Hall–Kier alpha value is -2.34. The first-order valence-corrected chi connectivity index (χ1v) is 8.98. The molecule has 0 aliphatic carbocycles. The number of ether oxygens (including phenoxy) is 1. The standard InChI is InChI=1S/C19H24N4O2/c1-2-17(24)23-9-7-22(8-10-23)16-3-6-20-19-18(16)15(13-21-19)14-4-11-25-12-5-14/h2-3,6,13-14H,1,4-5,7-12H2,(H,20,21). The van der Waals surface area contributed by atoms with Gasteiger partial charge in [0.25, 0.3) is 0 Å². The highest BCUT2D eigenvalue weighted by molar-refractivity contribution is 5.93. The lowest BCUT2D eigenvalue weighted by Crippen LogP contribution is -2.48. The molecule has 1 N–H and O–H groups in total. The van der Waals surface area contributed by atoms with Crippen LogP contribution in [0.15, 0.2) is 31.1 Å². The van der Waals surface area contributed by atoms with E-state index in [0.29, 0.717) is 5.92 Å². The van der Waals surface area contributed by atoms with Crippen LogP contribution in [0.2, 0.25) is 0 Å². The molecule has 132 valence electrons. The summed E-state index contributed by atoms with van der Waals surface area (Å²) in [6.45, 7) is 8.36. The first-order chi connectivity index (χ1) is 12.3. The first kappa shape index (κ1) is 16.1. The van der Waals surface area contributed by atoms with Crippen molar-refractivity contribution in [3.63, 3.8) is 0 Å². The number of hydrogen-bond donors (Lipinski definition) is 1. The molecular formula is C19H24N4O2.